The SMILES string of the molecule is C=C.C=C(C#N)/C=C\C(=C\F)c1nc([C@H](CC)C[C@H](OC)C2=CNNC2)cn2c(=O)c(C)c(C)nc12. The van der Waals surface area contributed by atoms with Crippen molar-refractivity contribution in [2.24, 2.45) is 0 Å². The molecule has 3 rings (SSSR count). The van der Waals surface area contributed by atoms with Crippen molar-refractivity contribution in [2.45, 2.75) is 45.6 Å². The second-order valence-corrected chi connectivity index (χ2v) is 8.15. The standard InChI is InChI=1S/C25H29FN6O2.C2H4/c1-6-18(9-22(34-5)20-12-28-29-13-20)21-14-32-24(30-17(4)16(3)25(32)33)23(31-21)19(10-26)8-7-15(2)11-27;1-2/h7-8,10,12,14,18,22,28-29H,2,6,9,13H2,1,3-5H3;1-2H2/b8-7-,19-10-;/t18-,22+;/m1./s1. The molecule has 8 nitrogen and oxygen atoms in total. The molecule has 2 aromatic heterocycles. The Labute approximate surface area is 211 Å². The Balaban J connectivity index is 0.00000222. The van der Waals surface area contributed by atoms with Gasteiger partial charge in [0.15, 0.2) is 5.65 Å². The molecule has 190 valence electrons. The molecule has 0 fully saturated rings. The molecule has 0 aliphatic carbocycles. The summed E-state index contributed by atoms with van der Waals surface area (Å²) in [6.45, 7) is 15.7. The first-order valence-electron chi connectivity index (χ1n) is 11.5. The van der Waals surface area contributed by atoms with Crippen molar-refractivity contribution < 1.29 is 9.13 Å². The van der Waals surface area contributed by atoms with Gasteiger partial charge in [-0.15, -0.1) is 13.2 Å². The monoisotopic (exact) mass is 492 g/mol. The zero-order valence-corrected chi connectivity index (χ0v) is 21.3. The van der Waals surface area contributed by atoms with Crippen LogP contribution in [-0.4, -0.2) is 34.1 Å². The fourth-order valence-corrected chi connectivity index (χ4v) is 3.85. The summed E-state index contributed by atoms with van der Waals surface area (Å²) < 4.78 is 21.2. The van der Waals surface area contributed by atoms with Crippen LogP contribution >= 0.6 is 0 Å². The zero-order valence-electron chi connectivity index (χ0n) is 21.3. The number of rotatable bonds is 9. The molecule has 2 aromatic rings. The summed E-state index contributed by atoms with van der Waals surface area (Å²) in [5, 5.41) is 9.00. The Morgan fingerprint density at radius 2 is 2.08 bits per heavy atom. The smallest absolute Gasteiger partial charge is 0.261 e. The van der Waals surface area contributed by atoms with Crippen LogP contribution in [0, 0.1) is 25.2 Å². The van der Waals surface area contributed by atoms with Gasteiger partial charge in [-0.2, -0.15) is 5.26 Å². The number of nitriles is 1. The molecule has 2 atom stereocenters. The minimum atomic E-state index is -0.235. The summed E-state index contributed by atoms with van der Waals surface area (Å²) in [7, 11) is 1.66. The van der Waals surface area contributed by atoms with Crippen molar-refractivity contribution in [1.29, 1.82) is 5.26 Å². The van der Waals surface area contributed by atoms with E-state index < -0.39 is 0 Å². The van der Waals surface area contributed by atoms with E-state index in [1.807, 2.05) is 19.2 Å². The van der Waals surface area contributed by atoms with E-state index in [0.29, 0.717) is 36.2 Å². The van der Waals surface area contributed by atoms with Gasteiger partial charge in [0, 0.05) is 54.4 Å². The van der Waals surface area contributed by atoms with Crippen LogP contribution in [0.25, 0.3) is 11.2 Å². The molecule has 3 heterocycles. The van der Waals surface area contributed by atoms with Crippen molar-refractivity contribution in [3.05, 3.63) is 94.8 Å². The topological polar surface area (TPSA) is 104 Å². The normalized spacial score (nSPS) is 15.0. The molecule has 0 saturated heterocycles. The molecular formula is C27H33FN6O2. The Hall–Kier alpha value is -3.87. The van der Waals surface area contributed by atoms with Crippen LogP contribution in [0.3, 0.4) is 0 Å². The second-order valence-electron chi connectivity index (χ2n) is 8.15. The lowest BCUT2D eigenvalue weighted by Crippen LogP contribution is -2.25. The van der Waals surface area contributed by atoms with E-state index in [9.17, 15) is 9.18 Å². The lowest BCUT2D eigenvalue weighted by Gasteiger charge is -2.23. The fraction of sp³-hybridized carbons (Fsp3) is 0.333. The first-order valence-corrected chi connectivity index (χ1v) is 11.5. The molecule has 0 unspecified atom stereocenters. The van der Waals surface area contributed by atoms with Crippen LogP contribution in [0.5, 0.6) is 0 Å². The van der Waals surface area contributed by atoms with Crippen LogP contribution in [0.1, 0.15) is 48.3 Å². The van der Waals surface area contributed by atoms with Crippen molar-refractivity contribution in [2.75, 3.05) is 13.7 Å². The fourth-order valence-electron chi connectivity index (χ4n) is 3.85. The number of allylic oxidation sites excluding steroid dienone is 4. The van der Waals surface area contributed by atoms with E-state index in [1.54, 1.807) is 27.2 Å². The lowest BCUT2D eigenvalue weighted by molar-refractivity contribution is 0.115. The molecule has 36 heavy (non-hydrogen) atoms. The molecule has 0 radical (unpaired) electrons. The van der Waals surface area contributed by atoms with Gasteiger partial charge in [-0.3, -0.25) is 9.20 Å². The number of hydrogen-bond donors (Lipinski definition) is 2. The molecule has 2 N–H and O–H groups in total. The van der Waals surface area contributed by atoms with Gasteiger partial charge in [-0.1, -0.05) is 13.5 Å². The Morgan fingerprint density at radius 3 is 2.64 bits per heavy atom. The third-order valence-corrected chi connectivity index (χ3v) is 6.06. The van der Waals surface area contributed by atoms with Gasteiger partial charge in [0.1, 0.15) is 5.69 Å². The van der Waals surface area contributed by atoms with Gasteiger partial charge >= 0.3 is 0 Å². The van der Waals surface area contributed by atoms with Gasteiger partial charge in [0.25, 0.3) is 5.56 Å². The van der Waals surface area contributed by atoms with Crippen molar-refractivity contribution in [3.8, 4) is 6.07 Å². The molecule has 0 spiro atoms. The zero-order chi connectivity index (χ0) is 26.8. The minimum Gasteiger partial charge on any atom is -0.377 e. The highest BCUT2D eigenvalue weighted by molar-refractivity contribution is 5.79. The highest BCUT2D eigenvalue weighted by Crippen LogP contribution is 2.29. The molecule has 1 aliphatic heterocycles. The van der Waals surface area contributed by atoms with Crippen LogP contribution in [-0.2, 0) is 4.74 Å². The summed E-state index contributed by atoms with van der Waals surface area (Å²) in [6, 6.07) is 1.90. The highest BCUT2D eigenvalue weighted by atomic mass is 19.1. The van der Waals surface area contributed by atoms with E-state index in [4.69, 9.17) is 15.0 Å². The Kier molecular flexibility index (Phi) is 10.5. The van der Waals surface area contributed by atoms with E-state index in [-0.39, 0.29) is 40.1 Å². The average Bonchev–Trinajstić information content (AvgIpc) is 3.44. The van der Waals surface area contributed by atoms with E-state index >= 15 is 0 Å². The van der Waals surface area contributed by atoms with Crippen LogP contribution in [0.4, 0.5) is 4.39 Å². The van der Waals surface area contributed by atoms with Crippen molar-refractivity contribution >= 4 is 11.2 Å². The van der Waals surface area contributed by atoms with Crippen molar-refractivity contribution in [3.63, 3.8) is 0 Å². The van der Waals surface area contributed by atoms with Crippen LogP contribution in [0.15, 0.2) is 66.6 Å². The Morgan fingerprint density at radius 1 is 1.36 bits per heavy atom. The molecule has 0 amide bonds. The summed E-state index contributed by atoms with van der Waals surface area (Å²) in [5.74, 6) is -0.0676. The van der Waals surface area contributed by atoms with E-state index in [1.165, 1.54) is 16.6 Å². The van der Waals surface area contributed by atoms with Gasteiger partial charge in [0.2, 0.25) is 0 Å². The lowest BCUT2D eigenvalue weighted by atomic mass is 9.92. The van der Waals surface area contributed by atoms with Gasteiger partial charge in [-0.05, 0) is 44.4 Å². The van der Waals surface area contributed by atoms with Gasteiger partial charge in [0.05, 0.1) is 24.2 Å². The molecular weight excluding hydrogens is 459 g/mol. The van der Waals surface area contributed by atoms with Gasteiger partial charge < -0.3 is 10.2 Å². The number of methoxy groups -OCH3 is 1. The summed E-state index contributed by atoms with van der Waals surface area (Å²) >= 11 is 0. The number of hydrazine groups is 1. The maximum Gasteiger partial charge on any atom is 0.261 e. The molecule has 0 bridgehead atoms. The molecule has 0 aromatic carbocycles. The molecule has 0 saturated carbocycles. The van der Waals surface area contributed by atoms with E-state index in [0.717, 1.165) is 12.0 Å². The summed E-state index contributed by atoms with van der Waals surface area (Å²) in [5.41, 5.74) is 9.27. The predicted octanol–water partition coefficient (Wildman–Crippen LogP) is 4.35. The molecule has 1 aliphatic rings. The van der Waals surface area contributed by atoms with Crippen molar-refractivity contribution in [1.82, 2.24) is 25.2 Å². The Bertz CT molecular complexity index is 1300. The first-order chi connectivity index (χ1) is 17.3. The molecule has 9 heteroatoms. The van der Waals surface area contributed by atoms with Gasteiger partial charge in [-0.25, -0.2) is 19.8 Å². The number of fused-ring (bicyclic) bond motifs is 1. The quantitative estimate of drug-likeness (QED) is 0.305. The largest absolute Gasteiger partial charge is 0.377 e. The first kappa shape index (κ1) is 28.4. The number of halogens is 1. The number of ether oxygens (including phenoxy) is 1. The number of aryl methyl sites for hydroxylation is 1. The predicted molar refractivity (Wildman–Crippen MR) is 141 cm³/mol. The van der Waals surface area contributed by atoms with Crippen LogP contribution < -0.4 is 16.4 Å². The highest BCUT2D eigenvalue weighted by Gasteiger charge is 2.25. The number of hydrogen-bond acceptors (Lipinski definition) is 7. The maximum absolute atomic E-state index is 14.1. The number of nitrogens with one attached hydrogen (secondary N) is 2. The second kappa shape index (κ2) is 13.3. The van der Waals surface area contributed by atoms with E-state index in [2.05, 4.69) is 35.6 Å². The third-order valence-electron chi connectivity index (χ3n) is 6.06. The number of nitrogens with zero attached hydrogens (tertiary/aromatic N) is 4. The summed E-state index contributed by atoms with van der Waals surface area (Å²) in [4.78, 5) is 22.4. The minimum absolute atomic E-state index is 0.0676. The number of aromatic nitrogens is 3. The third kappa shape index (κ3) is 6.22. The maximum atomic E-state index is 14.1. The average molecular weight is 493 g/mol. The van der Waals surface area contributed by atoms with Crippen LogP contribution in [0.2, 0.25) is 0 Å². The summed E-state index contributed by atoms with van der Waals surface area (Å²) in [6.07, 6.45) is 8.00.